The van der Waals surface area contributed by atoms with Gasteiger partial charge in [0.25, 0.3) is 5.91 Å². The van der Waals surface area contributed by atoms with Crippen molar-refractivity contribution in [2.75, 3.05) is 6.61 Å². The second-order valence-electron chi connectivity index (χ2n) is 5.18. The summed E-state index contributed by atoms with van der Waals surface area (Å²) in [6.07, 6.45) is 5.68. The van der Waals surface area contributed by atoms with E-state index in [1.807, 2.05) is 6.92 Å². The highest BCUT2D eigenvalue weighted by Gasteiger charge is 2.25. The van der Waals surface area contributed by atoms with Gasteiger partial charge in [0.1, 0.15) is 0 Å². The third-order valence-corrected chi connectivity index (χ3v) is 3.69. The van der Waals surface area contributed by atoms with E-state index >= 15 is 0 Å². The zero-order valence-electron chi connectivity index (χ0n) is 11.8. The monoisotopic (exact) mass is 279 g/mol. The molecule has 1 saturated carbocycles. The Bertz CT molecular complexity index is 433. The fourth-order valence-corrected chi connectivity index (χ4v) is 2.63. The Morgan fingerprint density at radius 2 is 2.10 bits per heavy atom. The van der Waals surface area contributed by atoms with E-state index < -0.39 is 0 Å². The van der Waals surface area contributed by atoms with Gasteiger partial charge in [0, 0.05) is 12.5 Å². The molecular weight excluding hydrogens is 258 g/mol. The van der Waals surface area contributed by atoms with Gasteiger partial charge < -0.3 is 14.5 Å². The molecule has 0 radical (unpaired) electrons. The van der Waals surface area contributed by atoms with Crippen molar-refractivity contribution in [2.45, 2.75) is 45.1 Å². The SMILES string of the molecule is CCOC(=O)CC1CCC(NC(=O)c2ccco2)CC1. The molecule has 1 fully saturated rings. The molecule has 1 N–H and O–H groups in total. The normalized spacial score (nSPS) is 22.2. The van der Waals surface area contributed by atoms with Crippen molar-refractivity contribution in [3.05, 3.63) is 24.2 Å². The maximum absolute atomic E-state index is 11.8. The van der Waals surface area contributed by atoms with Gasteiger partial charge in [-0.1, -0.05) is 0 Å². The Kier molecular flexibility index (Phi) is 5.21. The number of nitrogens with one attached hydrogen (secondary N) is 1. The smallest absolute Gasteiger partial charge is 0.306 e. The fraction of sp³-hybridized carbons (Fsp3) is 0.600. The molecule has 1 aliphatic carbocycles. The lowest BCUT2D eigenvalue weighted by Gasteiger charge is -2.28. The van der Waals surface area contributed by atoms with Crippen molar-refractivity contribution in [1.29, 1.82) is 0 Å². The quantitative estimate of drug-likeness (QED) is 0.841. The molecule has 1 aromatic heterocycles. The first kappa shape index (κ1) is 14.6. The van der Waals surface area contributed by atoms with E-state index in [9.17, 15) is 9.59 Å². The summed E-state index contributed by atoms with van der Waals surface area (Å²) in [6.45, 7) is 2.26. The highest BCUT2D eigenvalue weighted by molar-refractivity contribution is 5.91. The molecule has 1 heterocycles. The largest absolute Gasteiger partial charge is 0.466 e. The molecule has 2 rings (SSSR count). The Balaban J connectivity index is 1.71. The van der Waals surface area contributed by atoms with E-state index in [1.54, 1.807) is 12.1 Å². The van der Waals surface area contributed by atoms with E-state index in [-0.39, 0.29) is 17.9 Å². The Morgan fingerprint density at radius 1 is 1.35 bits per heavy atom. The number of carbonyl (C=O) groups excluding carboxylic acids is 2. The molecule has 0 aromatic carbocycles. The second kappa shape index (κ2) is 7.12. The Hall–Kier alpha value is -1.78. The zero-order valence-corrected chi connectivity index (χ0v) is 11.8. The average molecular weight is 279 g/mol. The van der Waals surface area contributed by atoms with Crippen LogP contribution in [0.5, 0.6) is 0 Å². The van der Waals surface area contributed by atoms with Crippen LogP contribution in [0.4, 0.5) is 0 Å². The van der Waals surface area contributed by atoms with Crippen LogP contribution in [0.15, 0.2) is 22.8 Å². The molecule has 0 bridgehead atoms. The van der Waals surface area contributed by atoms with Gasteiger partial charge in [-0.3, -0.25) is 9.59 Å². The summed E-state index contributed by atoms with van der Waals surface area (Å²) >= 11 is 0. The molecule has 0 unspecified atom stereocenters. The molecule has 1 aliphatic rings. The number of furan rings is 1. The fourth-order valence-electron chi connectivity index (χ4n) is 2.63. The van der Waals surface area contributed by atoms with Crippen LogP contribution in [0.2, 0.25) is 0 Å². The van der Waals surface area contributed by atoms with Crippen molar-refractivity contribution < 1.29 is 18.7 Å². The Labute approximate surface area is 118 Å². The third kappa shape index (κ3) is 4.11. The van der Waals surface area contributed by atoms with Crippen LogP contribution in [0.3, 0.4) is 0 Å². The third-order valence-electron chi connectivity index (χ3n) is 3.69. The number of rotatable bonds is 5. The summed E-state index contributed by atoms with van der Waals surface area (Å²) < 4.78 is 10.0. The van der Waals surface area contributed by atoms with Crippen molar-refractivity contribution in [1.82, 2.24) is 5.32 Å². The molecule has 0 aliphatic heterocycles. The molecule has 1 amide bonds. The first-order chi connectivity index (χ1) is 9.69. The highest BCUT2D eigenvalue weighted by atomic mass is 16.5. The van der Waals surface area contributed by atoms with Crippen LogP contribution in [0, 0.1) is 5.92 Å². The molecule has 5 nitrogen and oxygen atoms in total. The minimum atomic E-state index is -0.163. The van der Waals surface area contributed by atoms with Crippen LogP contribution in [-0.4, -0.2) is 24.5 Å². The van der Waals surface area contributed by atoms with Crippen molar-refractivity contribution in [3.63, 3.8) is 0 Å². The van der Waals surface area contributed by atoms with Gasteiger partial charge in [-0.25, -0.2) is 0 Å². The number of amides is 1. The highest BCUT2D eigenvalue weighted by Crippen LogP contribution is 2.27. The predicted molar refractivity (Wildman–Crippen MR) is 73.2 cm³/mol. The molecular formula is C15H21NO4. The van der Waals surface area contributed by atoms with E-state index in [0.717, 1.165) is 25.7 Å². The number of hydrogen-bond acceptors (Lipinski definition) is 4. The summed E-state index contributed by atoms with van der Waals surface area (Å²) in [7, 11) is 0. The average Bonchev–Trinajstić information content (AvgIpc) is 2.95. The van der Waals surface area contributed by atoms with Crippen LogP contribution in [-0.2, 0) is 9.53 Å². The predicted octanol–water partition coefficient (Wildman–Crippen LogP) is 2.52. The molecule has 0 spiro atoms. The maximum atomic E-state index is 11.8. The topological polar surface area (TPSA) is 68.5 Å². The van der Waals surface area contributed by atoms with Crippen molar-refractivity contribution >= 4 is 11.9 Å². The summed E-state index contributed by atoms with van der Waals surface area (Å²) in [4.78, 5) is 23.3. The summed E-state index contributed by atoms with van der Waals surface area (Å²) in [5.74, 6) is 0.448. The maximum Gasteiger partial charge on any atom is 0.306 e. The molecule has 0 atom stereocenters. The first-order valence-electron chi connectivity index (χ1n) is 7.19. The molecule has 20 heavy (non-hydrogen) atoms. The summed E-state index contributed by atoms with van der Waals surface area (Å²) in [5.41, 5.74) is 0. The number of hydrogen-bond donors (Lipinski definition) is 1. The summed E-state index contributed by atoms with van der Waals surface area (Å²) in [6, 6.07) is 3.53. The lowest BCUT2D eigenvalue weighted by molar-refractivity contribution is -0.144. The summed E-state index contributed by atoms with van der Waals surface area (Å²) in [5, 5.41) is 2.97. The molecule has 5 heteroatoms. The van der Waals surface area contributed by atoms with E-state index in [2.05, 4.69) is 5.32 Å². The van der Waals surface area contributed by atoms with Gasteiger partial charge in [-0.2, -0.15) is 0 Å². The number of ether oxygens (including phenoxy) is 1. The van der Waals surface area contributed by atoms with Crippen molar-refractivity contribution in [2.24, 2.45) is 5.92 Å². The van der Waals surface area contributed by atoms with Crippen molar-refractivity contribution in [3.8, 4) is 0 Å². The lowest BCUT2D eigenvalue weighted by Crippen LogP contribution is -2.37. The minimum Gasteiger partial charge on any atom is -0.466 e. The molecule has 1 aromatic rings. The van der Waals surface area contributed by atoms with Gasteiger partial charge in [0.2, 0.25) is 0 Å². The van der Waals surface area contributed by atoms with Crippen LogP contribution in [0.25, 0.3) is 0 Å². The lowest BCUT2D eigenvalue weighted by atomic mass is 9.84. The van der Waals surface area contributed by atoms with Crippen LogP contribution in [0.1, 0.15) is 49.6 Å². The van der Waals surface area contributed by atoms with Crippen LogP contribution < -0.4 is 5.32 Å². The Morgan fingerprint density at radius 3 is 2.70 bits per heavy atom. The standard InChI is InChI=1S/C15H21NO4/c1-2-19-14(17)10-11-5-7-12(8-6-11)16-15(18)13-4-3-9-20-13/h3-4,9,11-12H,2,5-8,10H2,1H3,(H,16,18). The van der Waals surface area contributed by atoms with Gasteiger partial charge in [-0.05, 0) is 50.7 Å². The van der Waals surface area contributed by atoms with Gasteiger partial charge in [-0.15, -0.1) is 0 Å². The second-order valence-corrected chi connectivity index (χ2v) is 5.18. The van der Waals surface area contributed by atoms with E-state index in [1.165, 1.54) is 6.26 Å². The van der Waals surface area contributed by atoms with Gasteiger partial charge in [0.15, 0.2) is 5.76 Å². The molecule has 0 saturated heterocycles. The minimum absolute atomic E-state index is 0.115. The number of carbonyl (C=O) groups is 2. The van der Waals surface area contributed by atoms with Crippen LogP contribution >= 0.6 is 0 Å². The first-order valence-corrected chi connectivity index (χ1v) is 7.19. The van der Waals surface area contributed by atoms with Gasteiger partial charge >= 0.3 is 5.97 Å². The van der Waals surface area contributed by atoms with Gasteiger partial charge in [0.05, 0.1) is 12.9 Å². The van der Waals surface area contributed by atoms with E-state index in [0.29, 0.717) is 24.7 Å². The zero-order chi connectivity index (χ0) is 14.4. The number of esters is 1. The van der Waals surface area contributed by atoms with E-state index in [4.69, 9.17) is 9.15 Å². The molecule has 110 valence electrons.